The molecule has 14 heavy (non-hydrogen) atoms. The van der Waals surface area contributed by atoms with Crippen molar-refractivity contribution in [3.05, 3.63) is 17.5 Å². The van der Waals surface area contributed by atoms with Gasteiger partial charge in [0.2, 0.25) is 5.76 Å². The monoisotopic (exact) mass is 198 g/mol. The van der Waals surface area contributed by atoms with Crippen LogP contribution in [0.15, 0.2) is 10.6 Å². The molecule has 0 bridgehead atoms. The van der Waals surface area contributed by atoms with E-state index in [-0.39, 0.29) is 5.76 Å². The van der Waals surface area contributed by atoms with Crippen LogP contribution in [-0.2, 0) is 4.79 Å². The summed E-state index contributed by atoms with van der Waals surface area (Å²) in [6.07, 6.45) is 0. The Balaban J connectivity index is 2.63. The van der Waals surface area contributed by atoms with Crippen molar-refractivity contribution in [3.8, 4) is 0 Å². The van der Waals surface area contributed by atoms with Crippen LogP contribution in [-0.4, -0.2) is 28.2 Å². The van der Waals surface area contributed by atoms with Crippen molar-refractivity contribution in [2.75, 3.05) is 0 Å². The standard InChI is InChI=1S/C8H10N2O4/c1-4-3-6(14-10-4)7(11)9-5(2)8(12)13/h3,5H,1-2H3,(H,9,11)(H,12,13)/t5-/m1/s1. The van der Waals surface area contributed by atoms with Crippen LogP contribution in [0.25, 0.3) is 0 Å². The molecule has 1 aromatic heterocycles. The van der Waals surface area contributed by atoms with Crippen molar-refractivity contribution < 1.29 is 19.2 Å². The number of hydrogen-bond donors (Lipinski definition) is 2. The predicted octanol–water partition coefficient (Wildman–Crippen LogP) is 0.186. The number of nitrogens with one attached hydrogen (secondary N) is 1. The topological polar surface area (TPSA) is 92.4 Å². The maximum atomic E-state index is 11.3. The maximum Gasteiger partial charge on any atom is 0.325 e. The average Bonchev–Trinajstić information content (AvgIpc) is 2.51. The number of rotatable bonds is 3. The van der Waals surface area contributed by atoms with E-state index in [9.17, 15) is 9.59 Å². The number of hydrogen-bond acceptors (Lipinski definition) is 4. The van der Waals surface area contributed by atoms with Gasteiger partial charge in [0.25, 0.3) is 5.91 Å². The number of nitrogens with zero attached hydrogens (tertiary/aromatic N) is 1. The molecule has 1 heterocycles. The molecule has 6 heteroatoms. The van der Waals surface area contributed by atoms with Crippen LogP contribution in [0.2, 0.25) is 0 Å². The summed E-state index contributed by atoms with van der Waals surface area (Å²) in [5.41, 5.74) is 0.568. The number of aliphatic carboxylic acids is 1. The lowest BCUT2D eigenvalue weighted by atomic mass is 10.3. The zero-order chi connectivity index (χ0) is 10.7. The van der Waals surface area contributed by atoms with Gasteiger partial charge in [0, 0.05) is 6.07 Å². The summed E-state index contributed by atoms with van der Waals surface area (Å²) in [6, 6.07) is 0.483. The third kappa shape index (κ3) is 2.32. The number of aromatic nitrogens is 1. The van der Waals surface area contributed by atoms with E-state index in [1.165, 1.54) is 13.0 Å². The molecule has 1 atom stereocenters. The second-order valence-electron chi connectivity index (χ2n) is 2.87. The van der Waals surface area contributed by atoms with Crippen molar-refractivity contribution in [1.29, 1.82) is 0 Å². The minimum atomic E-state index is -1.10. The van der Waals surface area contributed by atoms with Crippen LogP contribution < -0.4 is 5.32 Å². The lowest BCUT2D eigenvalue weighted by Gasteiger charge is -2.05. The Morgan fingerprint density at radius 2 is 2.29 bits per heavy atom. The molecular weight excluding hydrogens is 188 g/mol. The molecule has 0 aliphatic carbocycles. The first-order chi connectivity index (χ1) is 6.50. The van der Waals surface area contributed by atoms with Crippen molar-refractivity contribution in [2.24, 2.45) is 0 Å². The minimum Gasteiger partial charge on any atom is -0.480 e. The molecule has 1 rings (SSSR count). The summed E-state index contributed by atoms with van der Waals surface area (Å²) in [5, 5.41) is 14.3. The van der Waals surface area contributed by atoms with E-state index in [2.05, 4.69) is 15.0 Å². The van der Waals surface area contributed by atoms with Gasteiger partial charge < -0.3 is 14.9 Å². The van der Waals surface area contributed by atoms with Crippen molar-refractivity contribution in [1.82, 2.24) is 10.5 Å². The van der Waals surface area contributed by atoms with Gasteiger partial charge in [-0.05, 0) is 13.8 Å². The maximum absolute atomic E-state index is 11.3. The molecule has 0 aromatic carbocycles. The van der Waals surface area contributed by atoms with E-state index in [1.807, 2.05) is 0 Å². The number of carboxylic acids is 1. The molecule has 6 nitrogen and oxygen atoms in total. The van der Waals surface area contributed by atoms with Crippen LogP contribution in [0.1, 0.15) is 23.2 Å². The highest BCUT2D eigenvalue weighted by molar-refractivity contribution is 5.94. The minimum absolute atomic E-state index is 0.00981. The zero-order valence-corrected chi connectivity index (χ0v) is 7.77. The van der Waals surface area contributed by atoms with E-state index < -0.39 is 17.9 Å². The number of carbonyl (C=O) groups is 2. The molecular formula is C8H10N2O4. The Bertz CT molecular complexity index is 358. The summed E-state index contributed by atoms with van der Waals surface area (Å²) in [7, 11) is 0. The number of carboxylic acid groups (broad SMARTS) is 1. The third-order valence-corrected chi connectivity index (χ3v) is 1.57. The van der Waals surface area contributed by atoms with Crippen LogP contribution in [0, 0.1) is 6.92 Å². The van der Waals surface area contributed by atoms with Crippen molar-refractivity contribution in [3.63, 3.8) is 0 Å². The first-order valence-electron chi connectivity index (χ1n) is 3.97. The SMILES string of the molecule is Cc1cc(C(=O)N[C@H](C)C(=O)O)on1. The molecule has 0 saturated carbocycles. The van der Waals surface area contributed by atoms with E-state index in [0.717, 1.165) is 0 Å². The number of carbonyl (C=O) groups excluding carboxylic acids is 1. The molecule has 0 unspecified atom stereocenters. The fraction of sp³-hybridized carbons (Fsp3) is 0.375. The average molecular weight is 198 g/mol. The van der Waals surface area contributed by atoms with Crippen LogP contribution in [0.5, 0.6) is 0 Å². The molecule has 0 spiro atoms. The first kappa shape index (κ1) is 10.2. The largest absolute Gasteiger partial charge is 0.480 e. The molecule has 1 amide bonds. The zero-order valence-electron chi connectivity index (χ0n) is 7.77. The molecule has 0 aliphatic rings. The van der Waals surface area contributed by atoms with E-state index in [1.54, 1.807) is 6.92 Å². The van der Waals surface area contributed by atoms with Crippen molar-refractivity contribution in [2.45, 2.75) is 19.9 Å². The fourth-order valence-corrected chi connectivity index (χ4v) is 0.800. The highest BCUT2D eigenvalue weighted by Gasteiger charge is 2.17. The fourth-order valence-electron chi connectivity index (χ4n) is 0.800. The van der Waals surface area contributed by atoms with Gasteiger partial charge in [-0.15, -0.1) is 0 Å². The lowest BCUT2D eigenvalue weighted by molar-refractivity contribution is -0.138. The molecule has 2 N–H and O–H groups in total. The Hall–Kier alpha value is -1.85. The van der Waals surface area contributed by atoms with Gasteiger partial charge in [0.15, 0.2) is 0 Å². The third-order valence-electron chi connectivity index (χ3n) is 1.57. The summed E-state index contributed by atoms with van der Waals surface area (Å²) in [6.45, 7) is 3.03. The predicted molar refractivity (Wildman–Crippen MR) is 45.8 cm³/mol. The van der Waals surface area contributed by atoms with Gasteiger partial charge in [0.1, 0.15) is 6.04 Å². The van der Waals surface area contributed by atoms with Gasteiger partial charge in [-0.25, -0.2) is 0 Å². The Morgan fingerprint density at radius 1 is 1.64 bits per heavy atom. The molecule has 76 valence electrons. The number of amides is 1. The summed E-state index contributed by atoms with van der Waals surface area (Å²) >= 11 is 0. The molecule has 0 saturated heterocycles. The van der Waals surface area contributed by atoms with Crippen LogP contribution in [0.3, 0.4) is 0 Å². The second kappa shape index (κ2) is 3.91. The molecule has 0 fully saturated rings. The van der Waals surface area contributed by atoms with E-state index >= 15 is 0 Å². The number of aryl methyl sites for hydroxylation is 1. The first-order valence-corrected chi connectivity index (χ1v) is 3.97. The van der Waals surface area contributed by atoms with E-state index in [4.69, 9.17) is 5.11 Å². The van der Waals surface area contributed by atoms with Gasteiger partial charge in [-0.2, -0.15) is 0 Å². The Morgan fingerprint density at radius 3 is 2.71 bits per heavy atom. The van der Waals surface area contributed by atoms with Gasteiger partial charge >= 0.3 is 5.97 Å². The second-order valence-corrected chi connectivity index (χ2v) is 2.87. The van der Waals surface area contributed by atoms with Gasteiger partial charge in [-0.1, -0.05) is 5.16 Å². The van der Waals surface area contributed by atoms with Gasteiger partial charge in [-0.3, -0.25) is 9.59 Å². The lowest BCUT2D eigenvalue weighted by Crippen LogP contribution is -2.38. The molecule has 1 aromatic rings. The molecule has 0 aliphatic heterocycles. The summed E-state index contributed by atoms with van der Waals surface area (Å²) in [5.74, 6) is -1.68. The van der Waals surface area contributed by atoms with Crippen LogP contribution >= 0.6 is 0 Å². The normalized spacial score (nSPS) is 12.1. The highest BCUT2D eigenvalue weighted by atomic mass is 16.5. The smallest absolute Gasteiger partial charge is 0.325 e. The summed E-state index contributed by atoms with van der Waals surface area (Å²) < 4.78 is 4.65. The quantitative estimate of drug-likeness (QED) is 0.723. The Kier molecular flexibility index (Phi) is 2.85. The van der Waals surface area contributed by atoms with Gasteiger partial charge in [0.05, 0.1) is 5.69 Å². The Labute approximate surface area is 79.9 Å². The highest BCUT2D eigenvalue weighted by Crippen LogP contribution is 2.01. The molecule has 0 radical (unpaired) electrons. The van der Waals surface area contributed by atoms with Crippen molar-refractivity contribution >= 4 is 11.9 Å². The van der Waals surface area contributed by atoms with E-state index in [0.29, 0.717) is 5.69 Å². The summed E-state index contributed by atoms with van der Waals surface area (Å²) in [4.78, 5) is 21.7. The van der Waals surface area contributed by atoms with Crippen LogP contribution in [0.4, 0.5) is 0 Å².